The molecule has 10 nitrogen and oxygen atoms in total. The molecule has 0 spiro atoms. The normalized spacial score (nSPS) is 19.1. The molecule has 2 amide bonds. The summed E-state index contributed by atoms with van der Waals surface area (Å²) in [6.45, 7) is 6.58. The molecule has 10 heteroatoms. The van der Waals surface area contributed by atoms with Crippen molar-refractivity contribution in [2.45, 2.75) is 32.9 Å². The number of rotatable bonds is 2. The Labute approximate surface area is 182 Å². The number of carbonyl (C=O) groups is 2. The molecule has 5 rings (SSSR count). The molecule has 164 valence electrons. The zero-order valence-corrected chi connectivity index (χ0v) is 18.0. The van der Waals surface area contributed by atoms with Gasteiger partial charge in [0.1, 0.15) is 5.69 Å². The predicted molar refractivity (Wildman–Crippen MR) is 118 cm³/mol. The van der Waals surface area contributed by atoms with Crippen LogP contribution < -0.4 is 5.69 Å². The van der Waals surface area contributed by atoms with Crippen LogP contribution in [0.15, 0.2) is 41.2 Å². The molecule has 1 fully saturated rings. The van der Waals surface area contributed by atoms with Crippen molar-refractivity contribution >= 4 is 28.5 Å². The highest BCUT2D eigenvalue weighted by atomic mass is 16.2. The number of imidazole rings is 1. The van der Waals surface area contributed by atoms with Crippen LogP contribution in [0, 0.1) is 6.92 Å². The summed E-state index contributed by atoms with van der Waals surface area (Å²) in [4.78, 5) is 50.8. The van der Waals surface area contributed by atoms with E-state index in [1.807, 2.05) is 39.0 Å². The summed E-state index contributed by atoms with van der Waals surface area (Å²) in [6, 6.07) is 10.4. The summed E-state index contributed by atoms with van der Waals surface area (Å²) in [7, 11) is 0. The highest BCUT2D eigenvalue weighted by Crippen LogP contribution is 2.22. The number of nitrogens with zero attached hydrogens (tertiary/aromatic N) is 5. The maximum Gasteiger partial charge on any atom is 0.325 e. The van der Waals surface area contributed by atoms with E-state index in [9.17, 15) is 14.4 Å². The number of aryl methyl sites for hydroxylation is 1. The third-order valence-electron chi connectivity index (χ3n) is 6.27. The molecular formula is C22H23N7O3. The van der Waals surface area contributed by atoms with Gasteiger partial charge in [-0.25, -0.2) is 14.3 Å². The lowest BCUT2D eigenvalue weighted by molar-refractivity contribution is 0.0235. The van der Waals surface area contributed by atoms with Gasteiger partial charge >= 0.3 is 5.69 Å². The largest absolute Gasteiger partial charge is 0.331 e. The van der Waals surface area contributed by atoms with Crippen LogP contribution >= 0.6 is 0 Å². The molecule has 0 radical (unpaired) electrons. The first-order valence-corrected chi connectivity index (χ1v) is 10.5. The fraction of sp³-hybridized carbons (Fsp3) is 0.318. The summed E-state index contributed by atoms with van der Waals surface area (Å²) in [5, 5.41) is 4.48. The van der Waals surface area contributed by atoms with E-state index >= 15 is 0 Å². The van der Waals surface area contributed by atoms with E-state index < -0.39 is 0 Å². The smallest absolute Gasteiger partial charge is 0.325 e. The van der Waals surface area contributed by atoms with Crippen LogP contribution in [0.2, 0.25) is 0 Å². The van der Waals surface area contributed by atoms with Crippen LogP contribution in [0.5, 0.6) is 0 Å². The van der Waals surface area contributed by atoms with Gasteiger partial charge in [0.2, 0.25) is 0 Å². The molecule has 4 aromatic rings. The second kappa shape index (κ2) is 7.33. The topological polar surface area (TPSA) is 119 Å². The van der Waals surface area contributed by atoms with Gasteiger partial charge in [0, 0.05) is 30.9 Å². The maximum absolute atomic E-state index is 13.2. The van der Waals surface area contributed by atoms with E-state index in [4.69, 9.17) is 0 Å². The fourth-order valence-corrected chi connectivity index (χ4v) is 4.30. The van der Waals surface area contributed by atoms with Crippen LogP contribution in [-0.2, 0) is 0 Å². The molecule has 2 N–H and O–H groups in total. The summed E-state index contributed by atoms with van der Waals surface area (Å²) < 4.78 is 1.76. The molecule has 0 saturated carbocycles. The fourth-order valence-electron chi connectivity index (χ4n) is 4.30. The molecule has 2 unspecified atom stereocenters. The first-order chi connectivity index (χ1) is 15.3. The van der Waals surface area contributed by atoms with Crippen molar-refractivity contribution in [1.29, 1.82) is 0 Å². The second-order valence-electron chi connectivity index (χ2n) is 8.18. The summed E-state index contributed by atoms with van der Waals surface area (Å²) in [5.74, 6) is -0.382. The maximum atomic E-state index is 13.2. The number of hydrogen-bond donors (Lipinski definition) is 2. The number of aromatic amines is 2. The first-order valence-electron chi connectivity index (χ1n) is 10.5. The Hall–Kier alpha value is -3.95. The van der Waals surface area contributed by atoms with Crippen molar-refractivity contribution < 1.29 is 9.59 Å². The van der Waals surface area contributed by atoms with Gasteiger partial charge in [-0.1, -0.05) is 6.07 Å². The Balaban J connectivity index is 1.37. The third kappa shape index (κ3) is 3.15. The van der Waals surface area contributed by atoms with Crippen LogP contribution in [0.4, 0.5) is 0 Å². The van der Waals surface area contributed by atoms with E-state index in [1.54, 1.807) is 32.5 Å². The lowest BCUT2D eigenvalue weighted by Crippen LogP contribution is -2.60. The summed E-state index contributed by atoms with van der Waals surface area (Å²) in [6.07, 6.45) is 0. The highest BCUT2D eigenvalue weighted by molar-refractivity contribution is 5.96. The van der Waals surface area contributed by atoms with Gasteiger partial charge in [0.25, 0.3) is 11.8 Å². The number of hydrogen-bond acceptors (Lipinski definition) is 5. The van der Waals surface area contributed by atoms with Crippen molar-refractivity contribution in [2.24, 2.45) is 0 Å². The standard InChI is InChI=1S/C22H23N7O3/c1-12-5-4-6-15-11-18(26-29(12)15)21(31)28-10-9-27(13(2)14(28)3)20(30)17-8-7-16-19(23-17)25-22(32)24-16/h4-8,11,13-14H,9-10H2,1-3H3,(H2,23,24,25,32). The number of H-pyrrole nitrogens is 2. The lowest BCUT2D eigenvalue weighted by Gasteiger charge is -2.44. The average molecular weight is 433 g/mol. The zero-order valence-electron chi connectivity index (χ0n) is 18.0. The Morgan fingerprint density at radius 1 is 0.969 bits per heavy atom. The molecule has 0 aliphatic carbocycles. The van der Waals surface area contributed by atoms with Crippen molar-refractivity contribution in [3.8, 4) is 0 Å². The summed E-state index contributed by atoms with van der Waals surface area (Å²) in [5.41, 5.74) is 2.99. The molecule has 32 heavy (non-hydrogen) atoms. The van der Waals surface area contributed by atoms with E-state index in [-0.39, 0.29) is 35.3 Å². The van der Waals surface area contributed by atoms with Gasteiger partial charge in [-0.2, -0.15) is 5.10 Å². The van der Waals surface area contributed by atoms with Gasteiger partial charge < -0.3 is 14.8 Å². The van der Waals surface area contributed by atoms with Crippen molar-refractivity contribution in [2.75, 3.05) is 13.1 Å². The van der Waals surface area contributed by atoms with Gasteiger partial charge in [-0.05, 0) is 51.1 Å². The molecule has 0 aromatic carbocycles. The summed E-state index contributed by atoms with van der Waals surface area (Å²) >= 11 is 0. The third-order valence-corrected chi connectivity index (χ3v) is 6.27. The molecule has 1 saturated heterocycles. The molecular weight excluding hydrogens is 410 g/mol. The quantitative estimate of drug-likeness (QED) is 0.497. The molecule has 2 atom stereocenters. The first kappa shape index (κ1) is 20.0. The van der Waals surface area contributed by atoms with Crippen LogP contribution in [0.1, 0.15) is 40.5 Å². The number of nitrogens with one attached hydrogen (secondary N) is 2. The number of aromatic nitrogens is 5. The van der Waals surface area contributed by atoms with Crippen LogP contribution in [-0.4, -0.2) is 71.4 Å². The van der Waals surface area contributed by atoms with Crippen molar-refractivity contribution in [1.82, 2.24) is 34.4 Å². The Morgan fingerprint density at radius 2 is 1.66 bits per heavy atom. The number of carbonyl (C=O) groups excluding carboxylic acids is 2. The lowest BCUT2D eigenvalue weighted by atomic mass is 10.0. The van der Waals surface area contributed by atoms with E-state index in [2.05, 4.69) is 20.1 Å². The monoisotopic (exact) mass is 433 g/mol. The van der Waals surface area contributed by atoms with Crippen LogP contribution in [0.25, 0.3) is 16.7 Å². The average Bonchev–Trinajstić information content (AvgIpc) is 3.37. The zero-order chi connectivity index (χ0) is 22.6. The highest BCUT2D eigenvalue weighted by Gasteiger charge is 2.37. The van der Waals surface area contributed by atoms with Gasteiger partial charge in [-0.3, -0.25) is 14.6 Å². The Bertz CT molecular complexity index is 1420. The number of piperazine rings is 1. The molecule has 4 aromatic heterocycles. The number of amides is 2. The van der Waals surface area contributed by atoms with E-state index in [1.165, 1.54) is 0 Å². The van der Waals surface area contributed by atoms with E-state index in [0.29, 0.717) is 29.9 Å². The van der Waals surface area contributed by atoms with Gasteiger partial charge in [0.15, 0.2) is 11.3 Å². The van der Waals surface area contributed by atoms with Crippen molar-refractivity contribution in [3.05, 3.63) is 64.0 Å². The number of fused-ring (bicyclic) bond motifs is 2. The number of pyridine rings is 2. The molecule has 1 aliphatic rings. The molecule has 0 bridgehead atoms. The van der Waals surface area contributed by atoms with Crippen LogP contribution in [0.3, 0.4) is 0 Å². The minimum Gasteiger partial charge on any atom is -0.331 e. The Kier molecular flexibility index (Phi) is 4.58. The Morgan fingerprint density at radius 3 is 2.34 bits per heavy atom. The van der Waals surface area contributed by atoms with Gasteiger partial charge in [-0.15, -0.1) is 0 Å². The van der Waals surface area contributed by atoms with E-state index in [0.717, 1.165) is 11.2 Å². The van der Waals surface area contributed by atoms with Crippen molar-refractivity contribution in [3.63, 3.8) is 0 Å². The minimum absolute atomic E-state index is 0.149. The minimum atomic E-state index is -0.367. The molecule has 1 aliphatic heterocycles. The molecule has 5 heterocycles. The SMILES string of the molecule is Cc1cccc2cc(C(=O)N3CCN(C(=O)c4ccc5[nH]c(=O)[nH]c5n4)C(C)C3C)nn12. The second-order valence-corrected chi connectivity index (χ2v) is 8.18. The predicted octanol–water partition coefficient (Wildman–Crippen LogP) is 1.58. The van der Waals surface area contributed by atoms with Gasteiger partial charge in [0.05, 0.1) is 11.0 Å².